The van der Waals surface area contributed by atoms with Crippen LogP contribution in [0.25, 0.3) is 0 Å². The molecule has 1 aromatic rings. The van der Waals surface area contributed by atoms with Crippen LogP contribution in [0.5, 0.6) is 0 Å². The molecule has 86 valence electrons. The number of anilines is 1. The highest BCUT2D eigenvalue weighted by Gasteiger charge is 2.27. The smallest absolute Gasteiger partial charge is 0.305 e. The summed E-state index contributed by atoms with van der Waals surface area (Å²) >= 11 is 0. The van der Waals surface area contributed by atoms with E-state index in [2.05, 4.69) is 10.2 Å². The first-order valence-electron chi connectivity index (χ1n) is 5.45. The zero-order chi connectivity index (χ0) is 11.5. The van der Waals surface area contributed by atoms with E-state index in [-0.39, 0.29) is 12.5 Å². The lowest BCUT2D eigenvalue weighted by Gasteiger charge is -2.23. The van der Waals surface area contributed by atoms with Gasteiger partial charge in [0, 0.05) is 12.6 Å². The fourth-order valence-electron chi connectivity index (χ4n) is 2.10. The normalized spacial score (nSPS) is 20.1. The number of hydrogen-bond acceptors (Lipinski definition) is 4. The highest BCUT2D eigenvalue weighted by atomic mass is 16.4. The van der Waals surface area contributed by atoms with Gasteiger partial charge in [0.15, 0.2) is 5.82 Å². The molecule has 5 heteroatoms. The molecule has 1 aromatic heterocycles. The van der Waals surface area contributed by atoms with Crippen molar-refractivity contribution >= 4 is 11.8 Å². The molecule has 1 N–H and O–H groups in total. The van der Waals surface area contributed by atoms with E-state index in [0.29, 0.717) is 0 Å². The number of carboxylic acid groups (broad SMARTS) is 1. The van der Waals surface area contributed by atoms with E-state index in [1.807, 2.05) is 24.0 Å². The largest absolute Gasteiger partial charge is 0.481 e. The molecule has 0 radical (unpaired) electrons. The second kappa shape index (κ2) is 4.47. The van der Waals surface area contributed by atoms with Gasteiger partial charge in [-0.25, -0.2) is 0 Å². The maximum absolute atomic E-state index is 10.7. The van der Waals surface area contributed by atoms with Gasteiger partial charge in [-0.1, -0.05) is 0 Å². The lowest BCUT2D eigenvalue weighted by molar-refractivity contribution is -0.137. The van der Waals surface area contributed by atoms with Crippen molar-refractivity contribution in [3.8, 4) is 0 Å². The minimum atomic E-state index is -0.753. The van der Waals surface area contributed by atoms with E-state index >= 15 is 0 Å². The molecular weight excluding hydrogens is 206 g/mol. The first-order valence-corrected chi connectivity index (χ1v) is 5.45. The molecule has 0 amide bonds. The molecule has 0 spiro atoms. The molecule has 0 aromatic carbocycles. The molecule has 2 heterocycles. The number of aromatic nitrogens is 2. The van der Waals surface area contributed by atoms with Gasteiger partial charge in [0.1, 0.15) is 0 Å². The van der Waals surface area contributed by atoms with Crippen LogP contribution in [0.3, 0.4) is 0 Å². The Morgan fingerprint density at radius 3 is 3.00 bits per heavy atom. The van der Waals surface area contributed by atoms with Crippen molar-refractivity contribution < 1.29 is 9.90 Å². The molecule has 2 rings (SSSR count). The molecule has 0 aliphatic carbocycles. The van der Waals surface area contributed by atoms with Crippen molar-refractivity contribution in [2.45, 2.75) is 32.2 Å². The molecule has 1 saturated heterocycles. The van der Waals surface area contributed by atoms with Gasteiger partial charge in [-0.05, 0) is 31.9 Å². The summed E-state index contributed by atoms with van der Waals surface area (Å²) in [6.45, 7) is 2.76. The Balaban J connectivity index is 2.13. The molecule has 1 atom stereocenters. The summed E-state index contributed by atoms with van der Waals surface area (Å²) in [7, 11) is 0. The van der Waals surface area contributed by atoms with E-state index in [4.69, 9.17) is 5.11 Å². The van der Waals surface area contributed by atoms with Crippen molar-refractivity contribution in [1.82, 2.24) is 10.2 Å². The molecule has 1 aliphatic heterocycles. The Labute approximate surface area is 94.1 Å². The number of carboxylic acids is 1. The predicted octanol–water partition coefficient (Wildman–Crippen LogP) is 1.23. The predicted molar refractivity (Wildman–Crippen MR) is 59.4 cm³/mol. The zero-order valence-electron chi connectivity index (χ0n) is 9.26. The third-order valence-electron chi connectivity index (χ3n) is 2.87. The van der Waals surface area contributed by atoms with E-state index in [0.717, 1.165) is 30.9 Å². The van der Waals surface area contributed by atoms with Crippen molar-refractivity contribution in [3.05, 3.63) is 17.8 Å². The van der Waals surface area contributed by atoms with Crippen LogP contribution in [0.15, 0.2) is 12.1 Å². The molecular formula is C11H15N3O2. The van der Waals surface area contributed by atoms with Gasteiger partial charge in [-0.2, -0.15) is 5.10 Å². The van der Waals surface area contributed by atoms with Crippen molar-refractivity contribution in [1.29, 1.82) is 0 Å². The quantitative estimate of drug-likeness (QED) is 0.831. The van der Waals surface area contributed by atoms with Crippen LogP contribution in [0.4, 0.5) is 5.82 Å². The molecule has 16 heavy (non-hydrogen) atoms. The minimum Gasteiger partial charge on any atom is -0.481 e. The summed E-state index contributed by atoms with van der Waals surface area (Å²) < 4.78 is 0. The Morgan fingerprint density at radius 1 is 1.56 bits per heavy atom. The van der Waals surface area contributed by atoms with Crippen LogP contribution in [0, 0.1) is 6.92 Å². The van der Waals surface area contributed by atoms with Crippen LogP contribution in [0.2, 0.25) is 0 Å². The lowest BCUT2D eigenvalue weighted by atomic mass is 10.1. The lowest BCUT2D eigenvalue weighted by Crippen LogP contribution is -2.32. The van der Waals surface area contributed by atoms with Crippen LogP contribution >= 0.6 is 0 Å². The topological polar surface area (TPSA) is 66.3 Å². The number of aryl methyl sites for hydroxylation is 1. The van der Waals surface area contributed by atoms with E-state index in [1.165, 1.54) is 0 Å². The van der Waals surface area contributed by atoms with Gasteiger partial charge in [0.25, 0.3) is 0 Å². The van der Waals surface area contributed by atoms with Crippen LogP contribution in [0.1, 0.15) is 25.0 Å². The first kappa shape index (κ1) is 10.9. The van der Waals surface area contributed by atoms with Crippen LogP contribution in [-0.4, -0.2) is 33.9 Å². The minimum absolute atomic E-state index is 0.0644. The fourth-order valence-corrected chi connectivity index (χ4v) is 2.10. The molecule has 0 saturated carbocycles. The summed E-state index contributed by atoms with van der Waals surface area (Å²) in [6, 6.07) is 3.87. The van der Waals surface area contributed by atoms with Crippen molar-refractivity contribution in [2.75, 3.05) is 11.4 Å². The molecule has 1 unspecified atom stereocenters. The number of carbonyl (C=O) groups is 1. The monoisotopic (exact) mass is 221 g/mol. The maximum atomic E-state index is 10.7. The Morgan fingerprint density at radius 2 is 2.38 bits per heavy atom. The second-order valence-corrected chi connectivity index (χ2v) is 4.12. The highest BCUT2D eigenvalue weighted by Crippen LogP contribution is 2.25. The van der Waals surface area contributed by atoms with E-state index < -0.39 is 5.97 Å². The summed E-state index contributed by atoms with van der Waals surface area (Å²) in [6.07, 6.45) is 2.12. The number of nitrogens with zero attached hydrogens (tertiary/aromatic N) is 3. The van der Waals surface area contributed by atoms with Crippen molar-refractivity contribution in [3.63, 3.8) is 0 Å². The molecule has 1 fully saturated rings. The van der Waals surface area contributed by atoms with Crippen LogP contribution in [-0.2, 0) is 4.79 Å². The summed E-state index contributed by atoms with van der Waals surface area (Å²) in [5.41, 5.74) is 0.873. The molecule has 0 bridgehead atoms. The first-order chi connectivity index (χ1) is 7.66. The number of hydrogen-bond donors (Lipinski definition) is 1. The Kier molecular flexibility index (Phi) is 3.03. The van der Waals surface area contributed by atoms with Gasteiger partial charge in [0.05, 0.1) is 12.1 Å². The zero-order valence-corrected chi connectivity index (χ0v) is 9.26. The maximum Gasteiger partial charge on any atom is 0.305 e. The third kappa shape index (κ3) is 2.29. The Hall–Kier alpha value is -1.65. The SMILES string of the molecule is Cc1ccc(N2CCCC2CC(=O)O)nn1. The third-order valence-corrected chi connectivity index (χ3v) is 2.87. The molecule has 5 nitrogen and oxygen atoms in total. The van der Waals surface area contributed by atoms with Gasteiger partial charge >= 0.3 is 5.97 Å². The van der Waals surface area contributed by atoms with Crippen LogP contribution < -0.4 is 4.90 Å². The number of aliphatic carboxylic acids is 1. The van der Waals surface area contributed by atoms with Gasteiger partial charge in [-0.15, -0.1) is 5.10 Å². The Bertz CT molecular complexity index is 377. The highest BCUT2D eigenvalue weighted by molar-refractivity contribution is 5.68. The van der Waals surface area contributed by atoms with E-state index in [1.54, 1.807) is 0 Å². The summed E-state index contributed by atoms with van der Waals surface area (Å²) in [4.78, 5) is 12.8. The average Bonchev–Trinajstić information content (AvgIpc) is 2.66. The molecule has 1 aliphatic rings. The van der Waals surface area contributed by atoms with Gasteiger partial charge in [-0.3, -0.25) is 4.79 Å². The number of rotatable bonds is 3. The summed E-state index contributed by atoms with van der Waals surface area (Å²) in [5, 5.41) is 16.9. The fraction of sp³-hybridized carbons (Fsp3) is 0.545. The average molecular weight is 221 g/mol. The van der Waals surface area contributed by atoms with Crippen molar-refractivity contribution in [2.24, 2.45) is 0 Å². The van der Waals surface area contributed by atoms with E-state index in [9.17, 15) is 4.79 Å². The van der Waals surface area contributed by atoms with Gasteiger partial charge < -0.3 is 10.0 Å². The second-order valence-electron chi connectivity index (χ2n) is 4.12. The van der Waals surface area contributed by atoms with Gasteiger partial charge in [0.2, 0.25) is 0 Å². The standard InChI is InChI=1S/C11H15N3O2/c1-8-4-5-10(13-12-8)14-6-2-3-9(14)7-11(15)16/h4-5,9H,2-3,6-7H2,1H3,(H,15,16). The summed E-state index contributed by atoms with van der Waals surface area (Å²) in [5.74, 6) is 0.0336.